The quantitative estimate of drug-likeness (QED) is 0.646. The van der Waals surface area contributed by atoms with Crippen molar-refractivity contribution in [2.45, 2.75) is 19.8 Å². The molecule has 0 amide bonds. The molecule has 1 unspecified atom stereocenters. The second-order valence-electron chi connectivity index (χ2n) is 3.55. The van der Waals surface area contributed by atoms with E-state index in [4.69, 9.17) is 11.6 Å². The lowest BCUT2D eigenvalue weighted by molar-refractivity contribution is 0.572. The monoisotopic (exact) mass is 291 g/mol. The molecule has 1 aromatic heterocycles. The summed E-state index contributed by atoms with van der Waals surface area (Å²) in [6.07, 6.45) is 5.51. The lowest BCUT2D eigenvalue weighted by Crippen LogP contribution is -2.06. The van der Waals surface area contributed by atoms with Crippen LogP contribution in [0.1, 0.15) is 19.8 Å². The Morgan fingerprint density at radius 1 is 1.60 bits per heavy atom. The first kappa shape index (κ1) is 12.7. The van der Waals surface area contributed by atoms with Crippen LogP contribution in [-0.2, 0) is 0 Å². The predicted octanol–water partition coefficient (Wildman–Crippen LogP) is 3.31. The van der Waals surface area contributed by atoms with E-state index in [2.05, 4.69) is 38.1 Å². The van der Waals surface area contributed by atoms with E-state index < -0.39 is 0 Å². The topological polar surface area (TPSA) is 37.8 Å². The molecule has 1 heterocycles. The lowest BCUT2D eigenvalue weighted by Gasteiger charge is -2.09. The maximum atomic E-state index is 5.72. The minimum atomic E-state index is 0.585. The van der Waals surface area contributed by atoms with Crippen molar-refractivity contribution >= 4 is 33.3 Å². The van der Waals surface area contributed by atoms with E-state index in [0.717, 1.165) is 35.6 Å². The number of hydrogen-bond donors (Lipinski definition) is 1. The minimum Gasteiger partial charge on any atom is -0.369 e. The van der Waals surface area contributed by atoms with Crippen LogP contribution in [-0.4, -0.2) is 22.4 Å². The van der Waals surface area contributed by atoms with Crippen LogP contribution < -0.4 is 5.32 Å². The van der Waals surface area contributed by atoms with E-state index in [0.29, 0.717) is 5.92 Å². The van der Waals surface area contributed by atoms with Gasteiger partial charge in [0.25, 0.3) is 0 Å². The number of anilines is 1. The second-order valence-corrected chi connectivity index (χ2v) is 4.71. The van der Waals surface area contributed by atoms with Gasteiger partial charge in [-0.2, -0.15) is 0 Å². The molecule has 0 bridgehead atoms. The van der Waals surface area contributed by atoms with Gasteiger partial charge >= 0.3 is 0 Å². The highest BCUT2D eigenvalue weighted by molar-refractivity contribution is 9.10. The first-order valence-corrected chi connectivity index (χ1v) is 6.32. The van der Waals surface area contributed by atoms with E-state index in [1.807, 2.05) is 0 Å². The van der Waals surface area contributed by atoms with Gasteiger partial charge in [0.15, 0.2) is 0 Å². The van der Waals surface area contributed by atoms with Crippen LogP contribution in [0.3, 0.4) is 0 Å². The first-order valence-electron chi connectivity index (χ1n) is 4.99. The molecule has 3 nitrogen and oxygen atoms in total. The molecule has 0 saturated heterocycles. The third-order valence-corrected chi connectivity index (χ3v) is 3.20. The zero-order valence-corrected chi connectivity index (χ0v) is 11.1. The Kier molecular flexibility index (Phi) is 5.95. The maximum absolute atomic E-state index is 5.72. The molecular weight excluding hydrogens is 277 g/mol. The van der Waals surface area contributed by atoms with Gasteiger partial charge in [0.1, 0.15) is 12.1 Å². The highest BCUT2D eigenvalue weighted by atomic mass is 79.9. The van der Waals surface area contributed by atoms with Crippen LogP contribution in [0.25, 0.3) is 0 Å². The third kappa shape index (κ3) is 4.80. The number of alkyl halides is 1. The molecule has 5 heteroatoms. The zero-order valence-electron chi connectivity index (χ0n) is 8.71. The van der Waals surface area contributed by atoms with Gasteiger partial charge in [0, 0.05) is 18.6 Å². The van der Waals surface area contributed by atoms with E-state index in [1.54, 1.807) is 6.20 Å². The lowest BCUT2D eigenvalue weighted by atomic mass is 10.1. The van der Waals surface area contributed by atoms with Gasteiger partial charge in [-0.1, -0.05) is 6.92 Å². The second kappa shape index (κ2) is 7.01. The molecule has 1 rings (SSSR count). The molecule has 15 heavy (non-hydrogen) atoms. The molecule has 1 aromatic rings. The van der Waals surface area contributed by atoms with Crippen molar-refractivity contribution in [2.24, 2.45) is 5.92 Å². The number of halogens is 2. The normalized spacial score (nSPS) is 12.5. The van der Waals surface area contributed by atoms with E-state index in [9.17, 15) is 0 Å². The first-order chi connectivity index (χ1) is 7.24. The fourth-order valence-electron chi connectivity index (χ4n) is 1.18. The van der Waals surface area contributed by atoms with Crippen molar-refractivity contribution in [1.29, 1.82) is 0 Å². The van der Waals surface area contributed by atoms with Crippen molar-refractivity contribution in [1.82, 2.24) is 9.97 Å². The molecule has 0 fully saturated rings. The molecule has 0 aliphatic heterocycles. The fraction of sp³-hybridized carbons (Fsp3) is 0.600. The number of nitrogens with zero attached hydrogens (tertiary/aromatic N) is 2. The van der Waals surface area contributed by atoms with Gasteiger partial charge in [-0.15, -0.1) is 11.6 Å². The van der Waals surface area contributed by atoms with E-state index in [1.165, 1.54) is 6.33 Å². The highest BCUT2D eigenvalue weighted by Crippen LogP contribution is 2.17. The summed E-state index contributed by atoms with van der Waals surface area (Å²) >= 11 is 9.11. The number of nitrogens with one attached hydrogen (secondary N) is 1. The average Bonchev–Trinajstić information content (AvgIpc) is 2.26. The Morgan fingerprint density at radius 2 is 2.40 bits per heavy atom. The molecule has 1 N–H and O–H groups in total. The van der Waals surface area contributed by atoms with Crippen molar-refractivity contribution in [3.63, 3.8) is 0 Å². The van der Waals surface area contributed by atoms with Crippen LogP contribution >= 0.6 is 27.5 Å². The minimum absolute atomic E-state index is 0.585. The largest absolute Gasteiger partial charge is 0.369 e. The smallest absolute Gasteiger partial charge is 0.143 e. The maximum Gasteiger partial charge on any atom is 0.143 e. The van der Waals surface area contributed by atoms with Crippen LogP contribution in [0, 0.1) is 5.92 Å². The van der Waals surface area contributed by atoms with Gasteiger partial charge in [-0.3, -0.25) is 0 Å². The van der Waals surface area contributed by atoms with Gasteiger partial charge in [0.05, 0.1) is 4.47 Å². The predicted molar refractivity (Wildman–Crippen MR) is 67.3 cm³/mol. The van der Waals surface area contributed by atoms with Crippen molar-refractivity contribution in [3.05, 3.63) is 17.0 Å². The number of rotatable bonds is 6. The summed E-state index contributed by atoms with van der Waals surface area (Å²) < 4.78 is 0.899. The number of aromatic nitrogens is 2. The summed E-state index contributed by atoms with van der Waals surface area (Å²) in [4.78, 5) is 8.02. The van der Waals surface area contributed by atoms with Gasteiger partial charge in [-0.25, -0.2) is 9.97 Å². The molecule has 0 aliphatic carbocycles. The average molecular weight is 293 g/mol. The molecule has 0 saturated carbocycles. The molecule has 0 aromatic carbocycles. The Morgan fingerprint density at radius 3 is 3.07 bits per heavy atom. The van der Waals surface area contributed by atoms with Crippen molar-refractivity contribution < 1.29 is 0 Å². The molecule has 1 atom stereocenters. The van der Waals surface area contributed by atoms with Gasteiger partial charge in [-0.05, 0) is 34.7 Å². The number of hydrogen-bond acceptors (Lipinski definition) is 3. The van der Waals surface area contributed by atoms with E-state index >= 15 is 0 Å². The SMILES string of the molecule is CC(CCl)CCCNc1ncncc1Br. The van der Waals surface area contributed by atoms with E-state index in [-0.39, 0.29) is 0 Å². The van der Waals surface area contributed by atoms with Crippen LogP contribution in [0.5, 0.6) is 0 Å². The van der Waals surface area contributed by atoms with Crippen molar-refractivity contribution in [2.75, 3.05) is 17.7 Å². The highest BCUT2D eigenvalue weighted by Gasteiger charge is 2.01. The Labute approximate surface area is 104 Å². The summed E-state index contributed by atoms with van der Waals surface area (Å²) in [5.41, 5.74) is 0. The molecule has 0 aliphatic rings. The Bertz CT molecular complexity index is 296. The summed E-state index contributed by atoms with van der Waals surface area (Å²) in [5.74, 6) is 2.17. The van der Waals surface area contributed by atoms with Gasteiger partial charge < -0.3 is 5.32 Å². The third-order valence-electron chi connectivity index (χ3n) is 2.10. The van der Waals surface area contributed by atoms with Gasteiger partial charge in [0.2, 0.25) is 0 Å². The standard InChI is InChI=1S/C10H15BrClN3/c1-8(5-12)3-2-4-14-10-9(11)6-13-7-15-10/h6-8H,2-5H2,1H3,(H,13,14,15). The van der Waals surface area contributed by atoms with Crippen LogP contribution in [0.15, 0.2) is 17.0 Å². The van der Waals surface area contributed by atoms with Crippen LogP contribution in [0.4, 0.5) is 5.82 Å². The molecular formula is C10H15BrClN3. The molecule has 0 spiro atoms. The fourth-order valence-corrected chi connectivity index (χ4v) is 1.69. The zero-order chi connectivity index (χ0) is 11.1. The summed E-state index contributed by atoms with van der Waals surface area (Å²) in [7, 11) is 0. The summed E-state index contributed by atoms with van der Waals surface area (Å²) in [5, 5.41) is 3.25. The summed E-state index contributed by atoms with van der Waals surface area (Å²) in [6, 6.07) is 0. The molecule has 0 radical (unpaired) electrons. The Hall–Kier alpha value is -0.350. The molecule has 84 valence electrons. The van der Waals surface area contributed by atoms with Crippen LogP contribution in [0.2, 0.25) is 0 Å². The summed E-state index contributed by atoms with van der Waals surface area (Å²) in [6.45, 7) is 3.07. The van der Waals surface area contributed by atoms with Crippen molar-refractivity contribution in [3.8, 4) is 0 Å². The Balaban J connectivity index is 2.23.